The average Bonchev–Trinajstić information content (AvgIpc) is 2.65. The Bertz CT molecular complexity index is 585. The maximum atomic E-state index is 13.6. The van der Waals surface area contributed by atoms with Gasteiger partial charge in [0.25, 0.3) is 0 Å². The first-order chi connectivity index (χ1) is 9.04. The van der Waals surface area contributed by atoms with Crippen LogP contribution in [0.3, 0.4) is 0 Å². The SMILES string of the molecule is CCSCCC(C)n1c(N)nc2cc(Cl)c(F)cc21. The molecule has 0 aliphatic heterocycles. The number of halogens is 2. The van der Waals surface area contributed by atoms with Crippen LogP contribution >= 0.6 is 23.4 Å². The predicted octanol–water partition coefficient (Wildman–Crippen LogP) is 4.12. The van der Waals surface area contributed by atoms with E-state index in [2.05, 4.69) is 18.8 Å². The Morgan fingerprint density at radius 1 is 1.53 bits per heavy atom. The Balaban J connectivity index is 2.36. The minimum absolute atomic E-state index is 0.0753. The molecule has 2 aromatic rings. The van der Waals surface area contributed by atoms with Crippen molar-refractivity contribution >= 4 is 40.3 Å². The lowest BCUT2D eigenvalue weighted by Crippen LogP contribution is -2.09. The van der Waals surface area contributed by atoms with Gasteiger partial charge in [-0.15, -0.1) is 0 Å². The van der Waals surface area contributed by atoms with E-state index in [0.29, 0.717) is 17.0 Å². The van der Waals surface area contributed by atoms with Crippen LogP contribution in [-0.2, 0) is 0 Å². The number of rotatable bonds is 5. The zero-order chi connectivity index (χ0) is 14.0. The van der Waals surface area contributed by atoms with Gasteiger partial charge in [0.2, 0.25) is 5.95 Å². The molecule has 1 aromatic carbocycles. The fourth-order valence-electron chi connectivity index (χ4n) is 2.10. The Labute approximate surface area is 121 Å². The van der Waals surface area contributed by atoms with Gasteiger partial charge < -0.3 is 10.3 Å². The van der Waals surface area contributed by atoms with Gasteiger partial charge in [0.1, 0.15) is 5.82 Å². The predicted molar refractivity (Wildman–Crippen MR) is 81.4 cm³/mol. The quantitative estimate of drug-likeness (QED) is 0.845. The highest BCUT2D eigenvalue weighted by Crippen LogP contribution is 2.29. The van der Waals surface area contributed by atoms with Crippen LogP contribution in [0.25, 0.3) is 11.0 Å². The summed E-state index contributed by atoms with van der Waals surface area (Å²) in [5, 5.41) is 0.0753. The summed E-state index contributed by atoms with van der Waals surface area (Å²) in [6.45, 7) is 4.20. The summed E-state index contributed by atoms with van der Waals surface area (Å²) in [5.74, 6) is 2.11. The van der Waals surface area contributed by atoms with E-state index in [0.717, 1.165) is 17.9 Å². The summed E-state index contributed by atoms with van der Waals surface area (Å²) in [5.41, 5.74) is 7.28. The highest BCUT2D eigenvalue weighted by Gasteiger charge is 2.16. The van der Waals surface area contributed by atoms with Gasteiger partial charge in [0.05, 0.1) is 16.1 Å². The molecule has 1 heterocycles. The molecular formula is C13H17ClFN3S. The van der Waals surface area contributed by atoms with Gasteiger partial charge in [-0.1, -0.05) is 18.5 Å². The second-order valence-corrected chi connectivity index (χ2v) is 6.23. The van der Waals surface area contributed by atoms with Crippen molar-refractivity contribution in [3.05, 3.63) is 23.0 Å². The summed E-state index contributed by atoms with van der Waals surface area (Å²) in [7, 11) is 0. The number of fused-ring (bicyclic) bond motifs is 1. The second-order valence-electron chi connectivity index (χ2n) is 4.43. The molecule has 1 aromatic heterocycles. The molecule has 0 radical (unpaired) electrons. The third-order valence-corrected chi connectivity index (χ3v) is 4.31. The summed E-state index contributed by atoms with van der Waals surface area (Å²) < 4.78 is 15.5. The first-order valence-corrected chi connectivity index (χ1v) is 7.78. The third-order valence-electron chi connectivity index (χ3n) is 3.08. The van der Waals surface area contributed by atoms with Crippen LogP contribution < -0.4 is 5.73 Å². The first kappa shape index (κ1) is 14.5. The molecule has 19 heavy (non-hydrogen) atoms. The zero-order valence-electron chi connectivity index (χ0n) is 11.0. The average molecular weight is 302 g/mol. The number of hydrogen-bond donors (Lipinski definition) is 1. The van der Waals surface area contributed by atoms with E-state index in [1.807, 2.05) is 16.3 Å². The van der Waals surface area contributed by atoms with Gasteiger partial charge in [-0.05, 0) is 30.9 Å². The minimum atomic E-state index is -0.439. The lowest BCUT2D eigenvalue weighted by atomic mass is 10.2. The lowest BCUT2D eigenvalue weighted by Gasteiger charge is -2.15. The molecule has 0 bridgehead atoms. The number of nitrogen functional groups attached to an aromatic ring is 1. The normalized spacial score (nSPS) is 13.1. The van der Waals surface area contributed by atoms with Crippen molar-refractivity contribution in [3.8, 4) is 0 Å². The smallest absolute Gasteiger partial charge is 0.201 e. The summed E-state index contributed by atoms with van der Waals surface area (Å²) in [4.78, 5) is 4.25. The van der Waals surface area contributed by atoms with Crippen LogP contribution in [-0.4, -0.2) is 21.1 Å². The number of nitrogens with two attached hydrogens (primary N) is 1. The standard InChI is InChI=1S/C13H17ClFN3S/c1-3-19-5-4-8(2)18-12-7-10(15)9(14)6-11(12)17-13(18)16/h6-8H,3-5H2,1-2H3,(H2,16,17). The Hall–Kier alpha value is -0.940. The van der Waals surface area contributed by atoms with Crippen molar-refractivity contribution in [2.24, 2.45) is 0 Å². The van der Waals surface area contributed by atoms with E-state index in [9.17, 15) is 4.39 Å². The molecule has 104 valence electrons. The highest BCUT2D eigenvalue weighted by molar-refractivity contribution is 7.99. The first-order valence-electron chi connectivity index (χ1n) is 6.24. The largest absolute Gasteiger partial charge is 0.369 e. The molecule has 2 rings (SSSR count). The molecule has 0 aliphatic rings. The van der Waals surface area contributed by atoms with Crippen molar-refractivity contribution in [2.75, 3.05) is 17.2 Å². The summed E-state index contributed by atoms with van der Waals surface area (Å²) >= 11 is 7.64. The molecular weight excluding hydrogens is 285 g/mol. The van der Waals surface area contributed by atoms with E-state index < -0.39 is 5.82 Å². The third kappa shape index (κ3) is 2.98. The Kier molecular flexibility index (Phi) is 4.58. The maximum Gasteiger partial charge on any atom is 0.201 e. The number of benzene rings is 1. The van der Waals surface area contributed by atoms with Crippen LogP contribution in [0.2, 0.25) is 5.02 Å². The van der Waals surface area contributed by atoms with Gasteiger partial charge in [-0.25, -0.2) is 9.37 Å². The molecule has 1 atom stereocenters. The number of aromatic nitrogens is 2. The minimum Gasteiger partial charge on any atom is -0.369 e. The zero-order valence-corrected chi connectivity index (χ0v) is 12.6. The van der Waals surface area contributed by atoms with Crippen LogP contribution in [0.5, 0.6) is 0 Å². The van der Waals surface area contributed by atoms with Crippen molar-refractivity contribution in [1.82, 2.24) is 9.55 Å². The summed E-state index contributed by atoms with van der Waals surface area (Å²) in [6.07, 6.45) is 0.971. The van der Waals surface area contributed by atoms with E-state index in [-0.39, 0.29) is 11.1 Å². The van der Waals surface area contributed by atoms with Crippen molar-refractivity contribution < 1.29 is 4.39 Å². The molecule has 0 fully saturated rings. The van der Waals surface area contributed by atoms with Gasteiger partial charge in [0, 0.05) is 12.1 Å². The van der Waals surface area contributed by atoms with Crippen LogP contribution in [0.15, 0.2) is 12.1 Å². The fraction of sp³-hybridized carbons (Fsp3) is 0.462. The van der Waals surface area contributed by atoms with E-state index >= 15 is 0 Å². The Morgan fingerprint density at radius 3 is 2.95 bits per heavy atom. The van der Waals surface area contributed by atoms with E-state index in [1.54, 1.807) is 0 Å². The number of thioether (sulfide) groups is 1. The second kappa shape index (κ2) is 6.01. The van der Waals surface area contributed by atoms with Gasteiger partial charge in [-0.3, -0.25) is 0 Å². The van der Waals surface area contributed by atoms with Gasteiger partial charge in [0.15, 0.2) is 0 Å². The van der Waals surface area contributed by atoms with Crippen LogP contribution in [0, 0.1) is 5.82 Å². The fourth-order valence-corrected chi connectivity index (χ4v) is 3.05. The van der Waals surface area contributed by atoms with Crippen molar-refractivity contribution in [3.63, 3.8) is 0 Å². The molecule has 0 spiro atoms. The molecule has 3 nitrogen and oxygen atoms in total. The molecule has 0 saturated carbocycles. The number of nitrogens with zero attached hydrogens (tertiary/aromatic N) is 2. The van der Waals surface area contributed by atoms with E-state index in [4.69, 9.17) is 17.3 Å². The molecule has 0 saturated heterocycles. The molecule has 6 heteroatoms. The number of imidazole rings is 1. The lowest BCUT2D eigenvalue weighted by molar-refractivity contribution is 0.554. The van der Waals surface area contributed by atoms with Gasteiger partial charge in [-0.2, -0.15) is 11.8 Å². The molecule has 0 amide bonds. The van der Waals surface area contributed by atoms with Gasteiger partial charge >= 0.3 is 0 Å². The van der Waals surface area contributed by atoms with Crippen LogP contribution in [0.1, 0.15) is 26.3 Å². The molecule has 2 N–H and O–H groups in total. The highest BCUT2D eigenvalue weighted by atomic mass is 35.5. The van der Waals surface area contributed by atoms with Crippen LogP contribution in [0.4, 0.5) is 10.3 Å². The monoisotopic (exact) mass is 301 g/mol. The van der Waals surface area contributed by atoms with E-state index in [1.165, 1.54) is 12.1 Å². The number of anilines is 1. The molecule has 1 unspecified atom stereocenters. The summed E-state index contributed by atoms with van der Waals surface area (Å²) in [6, 6.07) is 3.11. The maximum absolute atomic E-state index is 13.6. The number of hydrogen-bond acceptors (Lipinski definition) is 3. The van der Waals surface area contributed by atoms with Crippen molar-refractivity contribution in [1.29, 1.82) is 0 Å². The van der Waals surface area contributed by atoms with Crippen molar-refractivity contribution in [2.45, 2.75) is 26.3 Å². The molecule has 0 aliphatic carbocycles. The Morgan fingerprint density at radius 2 is 2.26 bits per heavy atom. The topological polar surface area (TPSA) is 43.8 Å².